The molecule has 0 unspecified atom stereocenters. The van der Waals surface area contributed by atoms with Crippen LogP contribution < -0.4 is 16.0 Å². The van der Waals surface area contributed by atoms with Crippen molar-refractivity contribution in [2.24, 2.45) is 0 Å². The number of rotatable bonds is 8. The van der Waals surface area contributed by atoms with Crippen LogP contribution in [0.5, 0.6) is 5.75 Å². The molecule has 0 aliphatic carbocycles. The lowest BCUT2D eigenvalue weighted by Gasteiger charge is -2.23. The second kappa shape index (κ2) is 9.10. The summed E-state index contributed by atoms with van der Waals surface area (Å²) in [7, 11) is 0. The molecule has 1 aromatic carbocycles. The van der Waals surface area contributed by atoms with E-state index in [1.807, 2.05) is 0 Å². The largest absolute Gasteiger partial charge is 0.480 e. The van der Waals surface area contributed by atoms with E-state index < -0.39 is 29.4 Å². The topological polar surface area (TPSA) is 117 Å². The Morgan fingerprint density at radius 2 is 2.00 bits per heavy atom. The highest BCUT2D eigenvalue weighted by Crippen LogP contribution is 2.36. The van der Waals surface area contributed by atoms with Gasteiger partial charge >= 0.3 is 18.3 Å². The number of para-hydroxylation sites is 1. The van der Waals surface area contributed by atoms with Crippen molar-refractivity contribution >= 4 is 27.5 Å². The van der Waals surface area contributed by atoms with E-state index in [9.17, 15) is 28.3 Å². The average Bonchev–Trinajstić information content (AvgIpc) is 3.42. The number of nitrogens with zero attached hydrogens (tertiary/aromatic N) is 3. The van der Waals surface area contributed by atoms with E-state index >= 15 is 0 Å². The van der Waals surface area contributed by atoms with Gasteiger partial charge in [0.15, 0.2) is 0 Å². The van der Waals surface area contributed by atoms with Crippen LogP contribution >= 0.6 is 11.3 Å². The summed E-state index contributed by atoms with van der Waals surface area (Å²) in [5, 5.41) is 9.90. The molecule has 0 aliphatic rings. The van der Waals surface area contributed by atoms with E-state index in [2.05, 4.69) is 9.72 Å². The van der Waals surface area contributed by atoms with Crippen LogP contribution in [0.15, 0.2) is 50.7 Å². The van der Waals surface area contributed by atoms with Gasteiger partial charge in [-0.05, 0) is 44.4 Å². The van der Waals surface area contributed by atoms with Crippen molar-refractivity contribution in [1.82, 2.24) is 14.1 Å². The fourth-order valence-electron chi connectivity index (χ4n) is 3.83. The average molecular weight is 505 g/mol. The van der Waals surface area contributed by atoms with Gasteiger partial charge in [0, 0.05) is 6.54 Å². The lowest BCUT2D eigenvalue weighted by Crippen LogP contribution is -2.52. The third kappa shape index (κ3) is 4.25. The van der Waals surface area contributed by atoms with Gasteiger partial charge < -0.3 is 14.3 Å². The molecule has 12 heteroatoms. The first-order chi connectivity index (χ1) is 16.5. The molecule has 0 fully saturated rings. The summed E-state index contributed by atoms with van der Waals surface area (Å²) >= 11 is 1.11. The lowest BCUT2D eigenvalue weighted by molar-refractivity contribution is -0.146. The van der Waals surface area contributed by atoms with Crippen molar-refractivity contribution in [3.05, 3.63) is 68.7 Å². The molecular formula is C23H21F2N3O6S. The third-order valence-corrected chi connectivity index (χ3v) is 7.02. The highest BCUT2D eigenvalue weighted by Gasteiger charge is 2.35. The number of aryl methyl sites for hydroxylation is 3. The zero-order valence-electron chi connectivity index (χ0n) is 18.9. The lowest BCUT2D eigenvalue weighted by atomic mass is 10.1. The van der Waals surface area contributed by atoms with Crippen molar-refractivity contribution < 1.29 is 27.8 Å². The van der Waals surface area contributed by atoms with Gasteiger partial charge in [-0.1, -0.05) is 18.2 Å². The summed E-state index contributed by atoms with van der Waals surface area (Å²) in [5.41, 5.74) is -2.52. The third-order valence-electron chi connectivity index (χ3n) is 5.71. The highest BCUT2D eigenvalue weighted by atomic mass is 32.1. The quantitative estimate of drug-likeness (QED) is 0.387. The van der Waals surface area contributed by atoms with Gasteiger partial charge in [0.25, 0.3) is 5.56 Å². The Balaban J connectivity index is 1.94. The first kappa shape index (κ1) is 24.3. The van der Waals surface area contributed by atoms with Gasteiger partial charge in [-0.2, -0.15) is 8.78 Å². The molecule has 0 atom stereocenters. The molecule has 0 saturated heterocycles. The molecule has 0 amide bonds. The number of ether oxygens (including phenoxy) is 1. The summed E-state index contributed by atoms with van der Waals surface area (Å²) in [6, 6.07) is 6.18. The van der Waals surface area contributed by atoms with Crippen LogP contribution in [0.3, 0.4) is 0 Å². The van der Waals surface area contributed by atoms with Crippen molar-refractivity contribution in [2.75, 3.05) is 0 Å². The molecule has 4 aromatic rings. The molecule has 3 aromatic heterocycles. The number of halogens is 2. The van der Waals surface area contributed by atoms with Crippen molar-refractivity contribution in [1.29, 1.82) is 0 Å². The van der Waals surface area contributed by atoms with Crippen molar-refractivity contribution in [3.63, 3.8) is 0 Å². The van der Waals surface area contributed by atoms with Crippen molar-refractivity contribution in [2.45, 2.75) is 45.9 Å². The molecule has 35 heavy (non-hydrogen) atoms. The van der Waals surface area contributed by atoms with E-state index in [-0.39, 0.29) is 30.0 Å². The van der Waals surface area contributed by atoms with E-state index in [1.54, 1.807) is 25.1 Å². The molecule has 9 nitrogen and oxygen atoms in total. The maximum atomic E-state index is 13.5. The molecule has 0 spiro atoms. The van der Waals surface area contributed by atoms with Crippen LogP contribution in [0.1, 0.15) is 25.0 Å². The minimum Gasteiger partial charge on any atom is -0.480 e. The molecule has 0 radical (unpaired) electrons. The number of aromatic nitrogens is 3. The predicted molar refractivity (Wildman–Crippen MR) is 124 cm³/mol. The Morgan fingerprint density at radius 1 is 1.29 bits per heavy atom. The minimum absolute atomic E-state index is 0.0279. The molecule has 184 valence electrons. The van der Waals surface area contributed by atoms with Gasteiger partial charge in [0.2, 0.25) is 5.89 Å². The fourth-order valence-corrected chi connectivity index (χ4v) is 5.08. The first-order valence-corrected chi connectivity index (χ1v) is 11.3. The molecule has 0 saturated carbocycles. The fraction of sp³-hybridized carbons (Fsp3) is 0.304. The molecule has 1 N–H and O–H groups in total. The Labute approximate surface area is 200 Å². The summed E-state index contributed by atoms with van der Waals surface area (Å²) in [6.45, 7) is 1.14. The van der Waals surface area contributed by atoms with Gasteiger partial charge in [-0.15, -0.1) is 11.3 Å². The standard InChI is InChI=1S/C23H21F2N3O6S/c1-12-15-18(29)28(23(2,3)20(30)31)22(32)27(19(15)35-16(12)17-26-9-11-33-17)10-8-13-6-4-5-7-14(13)34-21(24)25/h4-7,9,11,21H,8,10H2,1-3H3,(H,30,31). The Hall–Kier alpha value is -3.80. The normalized spacial score (nSPS) is 11.9. The summed E-state index contributed by atoms with van der Waals surface area (Å²) < 4.78 is 37.6. The summed E-state index contributed by atoms with van der Waals surface area (Å²) in [6.07, 6.45) is 2.92. The molecule has 0 aliphatic heterocycles. The maximum Gasteiger partial charge on any atom is 0.387 e. The molecule has 4 rings (SSSR count). The number of hydrogen-bond acceptors (Lipinski definition) is 7. The Morgan fingerprint density at radius 3 is 2.63 bits per heavy atom. The summed E-state index contributed by atoms with van der Waals surface area (Å²) in [4.78, 5) is 43.9. The zero-order chi connectivity index (χ0) is 25.5. The monoisotopic (exact) mass is 505 g/mol. The Kier molecular flexibility index (Phi) is 6.32. The van der Waals surface area contributed by atoms with E-state index in [0.29, 0.717) is 25.4 Å². The van der Waals surface area contributed by atoms with Gasteiger partial charge in [0.05, 0.1) is 16.5 Å². The van der Waals surface area contributed by atoms with Crippen LogP contribution in [0.25, 0.3) is 21.0 Å². The second-order valence-electron chi connectivity index (χ2n) is 8.25. The van der Waals surface area contributed by atoms with Crippen LogP contribution in [0.2, 0.25) is 0 Å². The van der Waals surface area contributed by atoms with E-state index in [4.69, 9.17) is 4.42 Å². The van der Waals surface area contributed by atoms with Crippen LogP contribution in [0, 0.1) is 6.92 Å². The van der Waals surface area contributed by atoms with Crippen molar-refractivity contribution in [3.8, 4) is 16.5 Å². The van der Waals surface area contributed by atoms with Crippen LogP contribution in [0.4, 0.5) is 8.78 Å². The number of alkyl halides is 2. The molecule has 3 heterocycles. The number of carbonyl (C=O) groups is 1. The highest BCUT2D eigenvalue weighted by molar-refractivity contribution is 7.22. The number of hydrogen-bond donors (Lipinski definition) is 1. The number of carboxylic acid groups (broad SMARTS) is 1. The SMILES string of the molecule is Cc1c(-c2ncco2)sc2c1c(=O)n(C(C)(C)C(=O)O)c(=O)n2CCc1ccccc1OC(F)F. The summed E-state index contributed by atoms with van der Waals surface area (Å²) in [5.74, 6) is -1.14. The van der Waals surface area contributed by atoms with Gasteiger partial charge in [0.1, 0.15) is 22.4 Å². The maximum absolute atomic E-state index is 13.5. The second-order valence-corrected chi connectivity index (χ2v) is 9.25. The van der Waals surface area contributed by atoms with E-state index in [0.717, 1.165) is 11.3 Å². The van der Waals surface area contributed by atoms with Gasteiger partial charge in [-0.3, -0.25) is 9.36 Å². The number of thiophene rings is 1. The minimum atomic E-state index is -3.02. The number of benzene rings is 1. The number of oxazole rings is 1. The predicted octanol–water partition coefficient (Wildman–Crippen LogP) is 3.85. The van der Waals surface area contributed by atoms with Crippen LogP contribution in [-0.4, -0.2) is 31.8 Å². The van der Waals surface area contributed by atoms with Crippen LogP contribution in [-0.2, 0) is 23.3 Å². The first-order valence-electron chi connectivity index (χ1n) is 10.5. The number of carboxylic acids is 1. The Bertz CT molecular complexity index is 1520. The number of fused-ring (bicyclic) bond motifs is 1. The van der Waals surface area contributed by atoms with E-state index in [1.165, 1.54) is 36.9 Å². The van der Waals surface area contributed by atoms with Gasteiger partial charge in [-0.25, -0.2) is 19.1 Å². The molecular weight excluding hydrogens is 484 g/mol. The zero-order valence-corrected chi connectivity index (χ0v) is 19.8. The number of aliphatic carboxylic acids is 1. The smallest absolute Gasteiger partial charge is 0.387 e. The molecule has 0 bridgehead atoms.